The molecule has 2 N–H and O–H groups in total. The van der Waals surface area contributed by atoms with Gasteiger partial charge in [0.25, 0.3) is 5.91 Å². The molecule has 1 aliphatic rings. The summed E-state index contributed by atoms with van der Waals surface area (Å²) in [7, 11) is 0. The van der Waals surface area contributed by atoms with Crippen molar-refractivity contribution >= 4 is 11.7 Å². The fourth-order valence-electron chi connectivity index (χ4n) is 0.952. The van der Waals surface area contributed by atoms with Crippen molar-refractivity contribution in [2.45, 2.75) is 32.7 Å². The molecule has 0 aromatic heterocycles. The van der Waals surface area contributed by atoms with E-state index in [9.17, 15) is 4.79 Å². The van der Waals surface area contributed by atoms with Gasteiger partial charge in [-0.2, -0.15) is 0 Å². The lowest BCUT2D eigenvalue weighted by Crippen LogP contribution is -2.50. The summed E-state index contributed by atoms with van der Waals surface area (Å²) >= 11 is 0. The Balaban J connectivity index is 2.67. The maximum absolute atomic E-state index is 11.0. The topological polar surface area (TPSA) is 53.5 Å². The molecular formula is C7H13N3O. The van der Waals surface area contributed by atoms with Gasteiger partial charge in [-0.15, -0.1) is 0 Å². The molecule has 0 radical (unpaired) electrons. The van der Waals surface area contributed by atoms with Crippen LogP contribution < -0.4 is 10.9 Å². The molecule has 4 nitrogen and oxygen atoms in total. The van der Waals surface area contributed by atoms with E-state index in [2.05, 4.69) is 15.8 Å². The van der Waals surface area contributed by atoms with Crippen LogP contribution in [0.2, 0.25) is 0 Å². The zero-order valence-electron chi connectivity index (χ0n) is 6.85. The van der Waals surface area contributed by atoms with E-state index in [4.69, 9.17) is 0 Å². The largest absolute Gasteiger partial charge is 0.286 e. The van der Waals surface area contributed by atoms with E-state index in [-0.39, 0.29) is 11.9 Å². The van der Waals surface area contributed by atoms with E-state index >= 15 is 0 Å². The number of hydrogen-bond donors (Lipinski definition) is 2. The Kier molecular flexibility index (Phi) is 2.46. The smallest absolute Gasteiger partial charge is 0.263 e. The Bertz CT molecular complexity index is 188. The first-order chi connectivity index (χ1) is 5.27. The molecule has 1 heterocycles. The van der Waals surface area contributed by atoms with Gasteiger partial charge in [-0.05, 0) is 6.42 Å². The van der Waals surface area contributed by atoms with Gasteiger partial charge in [-0.1, -0.05) is 13.8 Å². The van der Waals surface area contributed by atoms with Crippen molar-refractivity contribution in [3.63, 3.8) is 0 Å². The second kappa shape index (κ2) is 3.37. The van der Waals surface area contributed by atoms with Crippen LogP contribution in [0, 0.1) is 0 Å². The molecule has 1 unspecified atom stereocenters. The van der Waals surface area contributed by atoms with Crippen molar-refractivity contribution < 1.29 is 4.79 Å². The molecule has 4 heteroatoms. The van der Waals surface area contributed by atoms with E-state index in [0.717, 1.165) is 18.7 Å². The second-order valence-electron chi connectivity index (χ2n) is 2.47. The van der Waals surface area contributed by atoms with E-state index < -0.39 is 0 Å². The maximum atomic E-state index is 11.0. The predicted octanol–water partition coefficient (Wildman–Crippen LogP) is 0.208. The summed E-state index contributed by atoms with van der Waals surface area (Å²) in [5, 5.41) is 0. The van der Waals surface area contributed by atoms with Gasteiger partial charge in [0.15, 0.2) is 0 Å². The second-order valence-corrected chi connectivity index (χ2v) is 2.47. The van der Waals surface area contributed by atoms with Crippen LogP contribution in [0.25, 0.3) is 0 Å². The van der Waals surface area contributed by atoms with Crippen LogP contribution in [-0.2, 0) is 4.79 Å². The molecule has 0 saturated heterocycles. The molecule has 1 amide bonds. The van der Waals surface area contributed by atoms with Crippen molar-refractivity contribution in [2.75, 3.05) is 0 Å². The highest BCUT2D eigenvalue weighted by Gasteiger charge is 2.19. The molecule has 0 saturated carbocycles. The first kappa shape index (κ1) is 8.04. The SMILES string of the molecule is CCC1=NC(CC)C(=O)NN1. The molecule has 0 aliphatic carbocycles. The molecule has 0 bridgehead atoms. The highest BCUT2D eigenvalue weighted by atomic mass is 16.2. The normalized spacial score (nSPS) is 23.6. The Morgan fingerprint density at radius 3 is 2.73 bits per heavy atom. The van der Waals surface area contributed by atoms with Crippen LogP contribution in [0.3, 0.4) is 0 Å². The summed E-state index contributed by atoms with van der Waals surface area (Å²) in [5.41, 5.74) is 5.30. The summed E-state index contributed by atoms with van der Waals surface area (Å²) in [6, 6.07) is -0.189. The number of rotatable bonds is 2. The van der Waals surface area contributed by atoms with E-state index in [1.165, 1.54) is 0 Å². The summed E-state index contributed by atoms with van der Waals surface area (Å²) in [4.78, 5) is 15.2. The highest BCUT2D eigenvalue weighted by Crippen LogP contribution is 2.01. The minimum Gasteiger partial charge on any atom is -0.286 e. The number of aliphatic imine (C=N–C) groups is 1. The standard InChI is InChI=1S/C7H13N3O/c1-3-5-7(11)10-9-6(4-2)8-5/h5H,3-4H2,1-2H3,(H,8,9)(H,10,11). The van der Waals surface area contributed by atoms with Crippen molar-refractivity contribution in [3.8, 4) is 0 Å². The number of nitrogens with zero attached hydrogens (tertiary/aromatic N) is 1. The summed E-state index contributed by atoms with van der Waals surface area (Å²) < 4.78 is 0. The zero-order chi connectivity index (χ0) is 8.27. The first-order valence-electron chi connectivity index (χ1n) is 3.90. The van der Waals surface area contributed by atoms with Gasteiger partial charge in [0, 0.05) is 6.42 Å². The lowest BCUT2D eigenvalue weighted by Gasteiger charge is -2.20. The Morgan fingerprint density at radius 2 is 2.18 bits per heavy atom. The molecule has 0 aromatic carbocycles. The van der Waals surface area contributed by atoms with Gasteiger partial charge >= 0.3 is 0 Å². The number of amides is 1. The monoisotopic (exact) mass is 155 g/mol. The van der Waals surface area contributed by atoms with Crippen LogP contribution >= 0.6 is 0 Å². The summed E-state index contributed by atoms with van der Waals surface area (Å²) in [5.74, 6) is 0.821. The molecule has 62 valence electrons. The van der Waals surface area contributed by atoms with Crippen molar-refractivity contribution in [1.29, 1.82) is 0 Å². The number of hydrogen-bond acceptors (Lipinski definition) is 3. The molecule has 1 atom stereocenters. The number of amidine groups is 1. The van der Waals surface area contributed by atoms with Gasteiger partial charge in [-0.3, -0.25) is 20.6 Å². The molecular weight excluding hydrogens is 142 g/mol. The summed E-state index contributed by atoms with van der Waals surface area (Å²) in [6.07, 6.45) is 1.59. The lowest BCUT2D eigenvalue weighted by atomic mass is 10.2. The molecule has 11 heavy (non-hydrogen) atoms. The quantitative estimate of drug-likeness (QED) is 0.599. The van der Waals surface area contributed by atoms with Crippen LogP contribution in [-0.4, -0.2) is 17.8 Å². The van der Waals surface area contributed by atoms with Crippen LogP contribution in [0.1, 0.15) is 26.7 Å². The Hall–Kier alpha value is -1.06. The van der Waals surface area contributed by atoms with Crippen LogP contribution in [0.4, 0.5) is 0 Å². The van der Waals surface area contributed by atoms with E-state index in [0.29, 0.717) is 0 Å². The van der Waals surface area contributed by atoms with Crippen molar-refractivity contribution in [1.82, 2.24) is 10.9 Å². The fraction of sp³-hybridized carbons (Fsp3) is 0.714. The average molecular weight is 155 g/mol. The average Bonchev–Trinajstić information content (AvgIpc) is 2.05. The van der Waals surface area contributed by atoms with Crippen molar-refractivity contribution in [2.24, 2.45) is 4.99 Å². The van der Waals surface area contributed by atoms with E-state index in [1.54, 1.807) is 0 Å². The van der Waals surface area contributed by atoms with Gasteiger partial charge < -0.3 is 0 Å². The zero-order valence-corrected chi connectivity index (χ0v) is 6.85. The Labute approximate surface area is 66.0 Å². The molecule has 1 aliphatic heterocycles. The number of carbonyl (C=O) groups excluding carboxylic acids is 1. The van der Waals surface area contributed by atoms with Gasteiger partial charge in [-0.25, -0.2) is 0 Å². The molecule has 0 aromatic rings. The third kappa shape index (κ3) is 1.69. The first-order valence-corrected chi connectivity index (χ1v) is 3.90. The maximum Gasteiger partial charge on any atom is 0.263 e. The minimum atomic E-state index is -0.189. The predicted molar refractivity (Wildman–Crippen MR) is 43.1 cm³/mol. The fourth-order valence-corrected chi connectivity index (χ4v) is 0.952. The molecule has 1 rings (SSSR count). The lowest BCUT2D eigenvalue weighted by molar-refractivity contribution is -0.123. The van der Waals surface area contributed by atoms with Gasteiger partial charge in [0.1, 0.15) is 11.9 Å². The minimum absolute atomic E-state index is 0.0373. The van der Waals surface area contributed by atoms with Gasteiger partial charge in [0.05, 0.1) is 0 Å². The highest BCUT2D eigenvalue weighted by molar-refractivity contribution is 5.93. The van der Waals surface area contributed by atoms with Crippen LogP contribution in [0.15, 0.2) is 4.99 Å². The third-order valence-corrected chi connectivity index (χ3v) is 1.67. The van der Waals surface area contributed by atoms with Crippen molar-refractivity contribution in [3.05, 3.63) is 0 Å². The molecule has 0 fully saturated rings. The Morgan fingerprint density at radius 1 is 1.45 bits per heavy atom. The van der Waals surface area contributed by atoms with Crippen LogP contribution in [0.5, 0.6) is 0 Å². The number of nitrogens with one attached hydrogen (secondary N) is 2. The van der Waals surface area contributed by atoms with E-state index in [1.807, 2.05) is 13.8 Å². The third-order valence-electron chi connectivity index (χ3n) is 1.67. The molecule has 0 spiro atoms. The number of hydrazine groups is 1. The summed E-state index contributed by atoms with van der Waals surface area (Å²) in [6.45, 7) is 3.95. The number of carbonyl (C=O) groups is 1. The van der Waals surface area contributed by atoms with Gasteiger partial charge in [0.2, 0.25) is 0 Å².